The van der Waals surface area contributed by atoms with Crippen LogP contribution in [0, 0.1) is 11.6 Å². The number of nitrogens with one attached hydrogen (secondary N) is 2. The lowest BCUT2D eigenvalue weighted by molar-refractivity contribution is -0.124. The molecular weight excluding hydrogens is 438 g/mol. The van der Waals surface area contributed by atoms with Crippen molar-refractivity contribution in [1.82, 2.24) is 5.48 Å². The van der Waals surface area contributed by atoms with Crippen LogP contribution in [0.15, 0.2) is 66.3 Å². The molecule has 2 amide bonds. The summed E-state index contributed by atoms with van der Waals surface area (Å²) >= 11 is 0. The normalized spacial score (nSPS) is 12.3. The molecule has 0 aliphatic rings. The zero-order chi connectivity index (χ0) is 24.2. The molecule has 0 aliphatic heterocycles. The summed E-state index contributed by atoms with van der Waals surface area (Å²) in [5, 5.41) is 19.7. The smallest absolute Gasteiger partial charge is 0.412 e. The summed E-state index contributed by atoms with van der Waals surface area (Å²) in [7, 11) is 0. The number of anilines is 1. The van der Waals surface area contributed by atoms with Crippen LogP contribution in [0.4, 0.5) is 19.3 Å². The quantitative estimate of drug-likeness (QED) is 0.183. The van der Waals surface area contributed by atoms with E-state index in [-0.39, 0.29) is 25.3 Å². The van der Waals surface area contributed by atoms with Gasteiger partial charge in [0.05, 0.1) is 12.3 Å². The molecule has 0 unspecified atom stereocenters. The van der Waals surface area contributed by atoms with Gasteiger partial charge >= 0.3 is 6.09 Å². The molecule has 0 heterocycles. The lowest BCUT2D eigenvalue weighted by atomic mass is 10.1. The maximum Gasteiger partial charge on any atom is 0.412 e. The molecule has 33 heavy (non-hydrogen) atoms. The molecule has 0 bridgehead atoms. The average molecular weight is 462 g/mol. The predicted octanol–water partition coefficient (Wildman–Crippen LogP) is 4.02. The largest absolute Gasteiger partial charge is 0.491 e. The van der Waals surface area contributed by atoms with Crippen LogP contribution in [-0.4, -0.2) is 35.5 Å². The van der Waals surface area contributed by atoms with Crippen LogP contribution in [0.5, 0.6) is 5.75 Å². The molecule has 2 aromatic rings. The number of amides is 2. The average Bonchev–Trinajstić information content (AvgIpc) is 2.79. The number of allylic oxidation sites excluding steroid dienone is 2. The molecule has 0 spiro atoms. The van der Waals surface area contributed by atoms with Gasteiger partial charge in [-0.15, -0.1) is 0 Å². The molecule has 0 fully saturated rings. The summed E-state index contributed by atoms with van der Waals surface area (Å²) in [4.78, 5) is 23.5. The van der Waals surface area contributed by atoms with Gasteiger partial charge in [0.25, 0.3) is 5.91 Å². The molecule has 0 aromatic heterocycles. The predicted molar refractivity (Wildman–Crippen MR) is 116 cm³/mol. The van der Waals surface area contributed by atoms with Gasteiger partial charge in [0.2, 0.25) is 0 Å². The number of carbonyl (C=O) groups excluding carboxylic acids is 2. The minimum Gasteiger partial charge on any atom is -0.491 e. The highest BCUT2D eigenvalue weighted by atomic mass is 19.1. The molecule has 2 aromatic carbocycles. The number of benzene rings is 2. The van der Waals surface area contributed by atoms with E-state index in [1.54, 1.807) is 43.3 Å². The van der Waals surface area contributed by atoms with E-state index < -0.39 is 29.7 Å². The number of hydroxylamine groups is 1. The second kappa shape index (κ2) is 12.9. The molecule has 176 valence electrons. The maximum atomic E-state index is 13.8. The van der Waals surface area contributed by atoms with Gasteiger partial charge in [-0.25, -0.2) is 19.1 Å². The molecule has 10 heteroatoms. The molecule has 1 atom stereocenters. The van der Waals surface area contributed by atoms with Crippen molar-refractivity contribution >= 4 is 17.7 Å². The first kappa shape index (κ1) is 25.5. The Kier molecular flexibility index (Phi) is 10.00. The third-order valence-electron chi connectivity index (χ3n) is 4.23. The Balaban J connectivity index is 2.15. The molecule has 2 rings (SSSR count). The third kappa shape index (κ3) is 8.71. The van der Waals surface area contributed by atoms with E-state index in [2.05, 4.69) is 5.32 Å². The monoisotopic (exact) mass is 462 g/mol. The Morgan fingerprint density at radius 3 is 2.52 bits per heavy atom. The number of hydrogen-bond donors (Lipinski definition) is 4. The van der Waals surface area contributed by atoms with Crippen LogP contribution >= 0.6 is 0 Å². The number of rotatable bonds is 10. The van der Waals surface area contributed by atoms with Crippen LogP contribution < -0.4 is 15.5 Å². The highest BCUT2D eigenvalue weighted by Crippen LogP contribution is 2.26. The first-order valence-corrected chi connectivity index (χ1v) is 9.87. The summed E-state index contributed by atoms with van der Waals surface area (Å²) in [6, 6.07) is 9.32. The van der Waals surface area contributed by atoms with E-state index in [4.69, 9.17) is 19.8 Å². The zero-order valence-corrected chi connectivity index (χ0v) is 17.8. The molecule has 0 aliphatic carbocycles. The summed E-state index contributed by atoms with van der Waals surface area (Å²) in [5.74, 6) is -1.91. The van der Waals surface area contributed by atoms with Gasteiger partial charge in [0.1, 0.15) is 30.1 Å². The van der Waals surface area contributed by atoms with Gasteiger partial charge in [0.15, 0.2) is 0 Å². The third-order valence-corrected chi connectivity index (χ3v) is 4.23. The Hall–Kier alpha value is -3.76. The second-order valence-electron chi connectivity index (χ2n) is 6.79. The molecule has 0 saturated carbocycles. The van der Waals surface area contributed by atoms with Crippen LogP contribution in [0.1, 0.15) is 25.0 Å². The van der Waals surface area contributed by atoms with Gasteiger partial charge in [-0.1, -0.05) is 24.3 Å². The fraction of sp³-hybridized carbons (Fsp3) is 0.217. The number of ether oxygens (including phenoxy) is 2. The van der Waals surface area contributed by atoms with E-state index in [0.717, 1.165) is 12.1 Å². The zero-order valence-electron chi connectivity index (χ0n) is 17.8. The molecule has 0 radical (unpaired) electrons. The van der Waals surface area contributed by atoms with Crippen molar-refractivity contribution in [3.05, 3.63) is 83.5 Å². The van der Waals surface area contributed by atoms with Gasteiger partial charge in [-0.3, -0.25) is 15.3 Å². The topological polar surface area (TPSA) is 117 Å². The van der Waals surface area contributed by atoms with E-state index in [0.29, 0.717) is 23.0 Å². The first-order valence-electron chi connectivity index (χ1n) is 9.87. The van der Waals surface area contributed by atoms with Crippen molar-refractivity contribution in [2.75, 3.05) is 18.5 Å². The molecular formula is C23H24F2N2O6. The Bertz CT molecular complexity index is 1010. The Morgan fingerprint density at radius 2 is 1.88 bits per heavy atom. The van der Waals surface area contributed by atoms with Crippen LogP contribution in [-0.2, 0) is 9.53 Å². The SMILES string of the molecule is CC(/C=C/C[C@H](OC(=O)Nc1ccc(F)cc1F)c1ccc(OCCO)cc1)=C\C(=O)NO. The summed E-state index contributed by atoms with van der Waals surface area (Å²) in [6.45, 7) is 1.62. The Morgan fingerprint density at radius 1 is 1.15 bits per heavy atom. The molecule has 8 nitrogen and oxygen atoms in total. The fourth-order valence-corrected chi connectivity index (χ4v) is 2.72. The number of carbonyl (C=O) groups is 2. The maximum absolute atomic E-state index is 13.8. The minimum absolute atomic E-state index is 0.126. The van der Waals surface area contributed by atoms with Crippen molar-refractivity contribution < 1.29 is 38.2 Å². The van der Waals surface area contributed by atoms with Crippen molar-refractivity contribution in [3.63, 3.8) is 0 Å². The first-order chi connectivity index (χ1) is 15.8. The van der Waals surface area contributed by atoms with Gasteiger partial charge in [-0.05, 0) is 42.3 Å². The number of aliphatic hydroxyl groups excluding tert-OH is 1. The second-order valence-corrected chi connectivity index (χ2v) is 6.79. The van der Waals surface area contributed by atoms with Crippen LogP contribution in [0.2, 0.25) is 0 Å². The van der Waals surface area contributed by atoms with Crippen LogP contribution in [0.25, 0.3) is 0 Å². The van der Waals surface area contributed by atoms with Gasteiger partial charge < -0.3 is 14.6 Å². The van der Waals surface area contributed by atoms with Crippen molar-refractivity contribution in [3.8, 4) is 5.75 Å². The molecule has 0 saturated heterocycles. The molecule has 4 N–H and O–H groups in total. The lowest BCUT2D eigenvalue weighted by Crippen LogP contribution is -2.18. The van der Waals surface area contributed by atoms with E-state index >= 15 is 0 Å². The fourth-order valence-electron chi connectivity index (χ4n) is 2.72. The van der Waals surface area contributed by atoms with Crippen molar-refractivity contribution in [2.45, 2.75) is 19.4 Å². The summed E-state index contributed by atoms with van der Waals surface area (Å²) in [6.07, 6.45) is 2.87. The lowest BCUT2D eigenvalue weighted by Gasteiger charge is -2.18. The standard InChI is InChI=1S/C23H24F2N2O6/c1-15(13-22(29)27-31)3-2-4-21(16-5-8-18(9-6-16)32-12-11-28)33-23(30)26-20-10-7-17(24)14-19(20)25/h2-3,5-10,13-14,21,28,31H,4,11-12H2,1H3,(H,26,30)(H,27,29)/b3-2+,15-13+/t21-/m0/s1. The van der Waals surface area contributed by atoms with E-state index in [1.807, 2.05) is 0 Å². The highest BCUT2D eigenvalue weighted by Gasteiger charge is 2.17. The summed E-state index contributed by atoms with van der Waals surface area (Å²) < 4.78 is 37.7. The highest BCUT2D eigenvalue weighted by molar-refractivity contribution is 5.87. The van der Waals surface area contributed by atoms with Crippen molar-refractivity contribution in [1.29, 1.82) is 0 Å². The van der Waals surface area contributed by atoms with Crippen molar-refractivity contribution in [2.24, 2.45) is 0 Å². The van der Waals surface area contributed by atoms with E-state index in [9.17, 15) is 18.4 Å². The number of halogens is 2. The minimum atomic E-state index is -0.952. The Labute approximate surface area is 189 Å². The summed E-state index contributed by atoms with van der Waals surface area (Å²) in [5.41, 5.74) is 2.38. The van der Waals surface area contributed by atoms with E-state index in [1.165, 1.54) is 11.6 Å². The van der Waals surface area contributed by atoms with Crippen LogP contribution in [0.3, 0.4) is 0 Å². The van der Waals surface area contributed by atoms with Gasteiger partial charge in [0, 0.05) is 18.6 Å². The van der Waals surface area contributed by atoms with Gasteiger partial charge in [-0.2, -0.15) is 0 Å². The number of hydrogen-bond acceptors (Lipinski definition) is 6. The number of aliphatic hydroxyl groups is 1.